The molecular weight excluding hydrogens is 395 g/mol. The van der Waals surface area contributed by atoms with Crippen molar-refractivity contribution >= 4 is 46.4 Å². The maximum Gasteiger partial charge on any atom is 0.278 e. The van der Waals surface area contributed by atoms with E-state index in [0.717, 1.165) is 5.69 Å². The van der Waals surface area contributed by atoms with Gasteiger partial charge in [-0.15, -0.1) is 5.10 Å². The zero-order valence-corrected chi connectivity index (χ0v) is 16.3. The number of aromatic nitrogens is 3. The molecule has 0 bridgehead atoms. The molecule has 0 atom stereocenters. The van der Waals surface area contributed by atoms with Crippen molar-refractivity contribution in [3.63, 3.8) is 0 Å². The van der Waals surface area contributed by atoms with E-state index in [9.17, 15) is 4.79 Å². The zero-order valence-electron chi connectivity index (χ0n) is 14.0. The van der Waals surface area contributed by atoms with Gasteiger partial charge < -0.3 is 5.32 Å². The molecule has 0 spiro atoms. The number of halogens is 3. The highest BCUT2D eigenvalue weighted by Gasteiger charge is 2.23. The fourth-order valence-corrected chi connectivity index (χ4v) is 3.10. The van der Waals surface area contributed by atoms with E-state index in [-0.39, 0.29) is 11.6 Å². The highest BCUT2D eigenvalue weighted by molar-refractivity contribution is 6.36. The third-order valence-corrected chi connectivity index (χ3v) is 4.52. The minimum Gasteiger partial charge on any atom is -0.319 e. The molecule has 26 heavy (non-hydrogen) atoms. The Morgan fingerprint density at radius 1 is 1.04 bits per heavy atom. The van der Waals surface area contributed by atoms with Crippen LogP contribution in [-0.2, 0) is 0 Å². The summed E-state index contributed by atoms with van der Waals surface area (Å²) >= 11 is 18.0. The lowest BCUT2D eigenvalue weighted by molar-refractivity contribution is 0.102. The molecule has 0 aliphatic heterocycles. The van der Waals surface area contributed by atoms with Crippen LogP contribution in [0, 0.1) is 0 Å². The Hall–Kier alpha value is -2.08. The van der Waals surface area contributed by atoms with Gasteiger partial charge in [-0.1, -0.05) is 53.9 Å². The van der Waals surface area contributed by atoms with Gasteiger partial charge in [0.2, 0.25) is 0 Å². The molecule has 3 aromatic rings. The van der Waals surface area contributed by atoms with E-state index in [4.69, 9.17) is 34.8 Å². The van der Waals surface area contributed by atoms with Gasteiger partial charge in [0.05, 0.1) is 22.1 Å². The third kappa shape index (κ3) is 3.85. The molecule has 0 radical (unpaired) electrons. The number of carbonyl (C=O) groups is 1. The first kappa shape index (κ1) is 18.7. The SMILES string of the molecule is CC(C)c1c(C(=O)Nc2ccc(Cl)cc2Cl)nnn1-c1ccc(Cl)cc1. The van der Waals surface area contributed by atoms with E-state index >= 15 is 0 Å². The van der Waals surface area contributed by atoms with Crippen LogP contribution in [0.5, 0.6) is 0 Å². The maximum atomic E-state index is 12.7. The number of benzene rings is 2. The van der Waals surface area contributed by atoms with Gasteiger partial charge in [0.25, 0.3) is 5.91 Å². The second-order valence-electron chi connectivity index (χ2n) is 5.94. The van der Waals surface area contributed by atoms with E-state index in [0.29, 0.717) is 26.4 Å². The van der Waals surface area contributed by atoms with Gasteiger partial charge >= 0.3 is 0 Å². The lowest BCUT2D eigenvalue weighted by Gasteiger charge is -2.12. The van der Waals surface area contributed by atoms with Gasteiger partial charge in [-0.2, -0.15) is 0 Å². The number of amides is 1. The summed E-state index contributed by atoms with van der Waals surface area (Å²) in [6.45, 7) is 3.94. The van der Waals surface area contributed by atoms with E-state index in [1.165, 1.54) is 0 Å². The van der Waals surface area contributed by atoms with Gasteiger partial charge in [0.1, 0.15) is 0 Å². The van der Waals surface area contributed by atoms with E-state index in [1.807, 2.05) is 26.0 Å². The van der Waals surface area contributed by atoms with Gasteiger partial charge in [0.15, 0.2) is 5.69 Å². The number of nitrogens with zero attached hydrogens (tertiary/aromatic N) is 3. The highest BCUT2D eigenvalue weighted by atomic mass is 35.5. The second-order valence-corrected chi connectivity index (χ2v) is 7.22. The van der Waals surface area contributed by atoms with E-state index in [2.05, 4.69) is 15.6 Å². The minimum atomic E-state index is -0.391. The average Bonchev–Trinajstić information content (AvgIpc) is 3.03. The van der Waals surface area contributed by atoms with Crippen LogP contribution in [0.1, 0.15) is 35.9 Å². The predicted molar refractivity (Wildman–Crippen MR) is 105 cm³/mol. The van der Waals surface area contributed by atoms with Gasteiger partial charge in [-0.25, -0.2) is 4.68 Å². The number of nitrogens with one attached hydrogen (secondary N) is 1. The summed E-state index contributed by atoms with van der Waals surface area (Å²) in [6.07, 6.45) is 0. The quantitative estimate of drug-likeness (QED) is 0.610. The van der Waals surface area contributed by atoms with Crippen LogP contribution in [0.25, 0.3) is 5.69 Å². The smallest absolute Gasteiger partial charge is 0.278 e. The Morgan fingerprint density at radius 2 is 1.69 bits per heavy atom. The van der Waals surface area contributed by atoms with Crippen molar-refractivity contribution < 1.29 is 4.79 Å². The molecular formula is C18H15Cl3N4O. The Labute approximate surface area is 165 Å². The lowest BCUT2D eigenvalue weighted by atomic mass is 10.1. The fourth-order valence-electron chi connectivity index (χ4n) is 2.51. The zero-order chi connectivity index (χ0) is 18.8. The average molecular weight is 410 g/mol. The molecule has 0 saturated heterocycles. The summed E-state index contributed by atoms with van der Waals surface area (Å²) in [7, 11) is 0. The molecule has 0 unspecified atom stereocenters. The van der Waals surface area contributed by atoms with Crippen LogP contribution in [0.3, 0.4) is 0 Å². The molecule has 134 valence electrons. The summed E-state index contributed by atoms with van der Waals surface area (Å²) in [4.78, 5) is 12.7. The number of carbonyl (C=O) groups excluding carboxylic acids is 1. The number of hydrogen-bond acceptors (Lipinski definition) is 3. The minimum absolute atomic E-state index is 0.0158. The summed E-state index contributed by atoms with van der Waals surface area (Å²) in [5.74, 6) is -0.375. The molecule has 1 aromatic heterocycles. The monoisotopic (exact) mass is 408 g/mol. The first-order valence-electron chi connectivity index (χ1n) is 7.84. The topological polar surface area (TPSA) is 59.8 Å². The van der Waals surface area contributed by atoms with Crippen molar-refractivity contribution in [2.45, 2.75) is 19.8 Å². The van der Waals surface area contributed by atoms with Gasteiger partial charge in [-0.05, 0) is 48.4 Å². The van der Waals surface area contributed by atoms with Crippen LogP contribution < -0.4 is 5.32 Å². The Bertz CT molecular complexity index is 952. The largest absolute Gasteiger partial charge is 0.319 e. The van der Waals surface area contributed by atoms with Crippen molar-refractivity contribution in [1.29, 1.82) is 0 Å². The molecule has 1 heterocycles. The molecule has 3 rings (SSSR count). The second kappa shape index (κ2) is 7.66. The first-order chi connectivity index (χ1) is 12.4. The molecule has 1 amide bonds. The number of anilines is 1. The standard InChI is InChI=1S/C18H15Cl3N4O/c1-10(2)17-16(18(26)22-15-8-5-12(20)9-14(15)21)23-24-25(17)13-6-3-11(19)4-7-13/h3-10H,1-2H3,(H,22,26). The van der Waals surface area contributed by atoms with Crippen molar-refractivity contribution in [2.24, 2.45) is 0 Å². The molecule has 1 N–H and O–H groups in total. The Balaban J connectivity index is 1.97. The summed E-state index contributed by atoms with van der Waals surface area (Å²) in [5, 5.41) is 12.4. The van der Waals surface area contributed by atoms with Crippen molar-refractivity contribution in [2.75, 3.05) is 5.32 Å². The van der Waals surface area contributed by atoms with Crippen molar-refractivity contribution in [3.05, 3.63) is 68.9 Å². The number of hydrogen-bond donors (Lipinski definition) is 1. The first-order valence-corrected chi connectivity index (χ1v) is 8.98. The number of rotatable bonds is 4. The van der Waals surface area contributed by atoms with Crippen LogP contribution >= 0.6 is 34.8 Å². The van der Waals surface area contributed by atoms with Crippen LogP contribution in [-0.4, -0.2) is 20.9 Å². The highest BCUT2D eigenvalue weighted by Crippen LogP contribution is 2.27. The van der Waals surface area contributed by atoms with E-state index < -0.39 is 5.91 Å². The van der Waals surface area contributed by atoms with Crippen molar-refractivity contribution in [3.8, 4) is 5.69 Å². The Morgan fingerprint density at radius 3 is 2.31 bits per heavy atom. The third-order valence-electron chi connectivity index (χ3n) is 3.72. The van der Waals surface area contributed by atoms with Crippen LogP contribution in [0.4, 0.5) is 5.69 Å². The van der Waals surface area contributed by atoms with E-state index in [1.54, 1.807) is 35.0 Å². The molecule has 0 saturated carbocycles. The fraction of sp³-hybridized carbons (Fsp3) is 0.167. The Kier molecular flexibility index (Phi) is 5.51. The van der Waals surface area contributed by atoms with Gasteiger partial charge in [-0.3, -0.25) is 4.79 Å². The lowest BCUT2D eigenvalue weighted by Crippen LogP contribution is -2.16. The predicted octanol–water partition coefficient (Wildman–Crippen LogP) is 5.60. The summed E-state index contributed by atoms with van der Waals surface area (Å²) < 4.78 is 1.64. The van der Waals surface area contributed by atoms with Crippen LogP contribution in [0.15, 0.2) is 42.5 Å². The van der Waals surface area contributed by atoms with Gasteiger partial charge in [0, 0.05) is 10.0 Å². The van der Waals surface area contributed by atoms with Crippen LogP contribution in [0.2, 0.25) is 15.1 Å². The summed E-state index contributed by atoms with van der Waals surface area (Å²) in [6, 6.07) is 12.0. The molecule has 0 fully saturated rings. The molecule has 5 nitrogen and oxygen atoms in total. The molecule has 0 aliphatic carbocycles. The maximum absolute atomic E-state index is 12.7. The molecule has 2 aromatic carbocycles. The van der Waals surface area contributed by atoms with Crippen molar-refractivity contribution in [1.82, 2.24) is 15.0 Å². The molecule has 8 heteroatoms. The summed E-state index contributed by atoms with van der Waals surface area (Å²) in [5.41, 5.74) is 2.15. The molecule has 0 aliphatic rings. The normalized spacial score (nSPS) is 11.0.